The molecule has 0 amide bonds. The minimum Gasteiger partial charge on any atom is -0.390 e. The highest BCUT2D eigenvalue weighted by atomic mass is 16.6. The zero-order valence-corrected chi connectivity index (χ0v) is 9.52. The lowest BCUT2D eigenvalue weighted by Gasteiger charge is -2.17. The van der Waals surface area contributed by atoms with E-state index in [0.29, 0.717) is 6.29 Å². The van der Waals surface area contributed by atoms with Crippen LogP contribution in [0.1, 0.15) is 28.4 Å². The predicted molar refractivity (Wildman–Crippen MR) is 63.1 cm³/mol. The molecule has 1 aromatic rings. The van der Waals surface area contributed by atoms with E-state index in [4.69, 9.17) is 5.73 Å². The first-order valence-electron chi connectivity index (χ1n) is 5.31. The Kier molecular flexibility index (Phi) is 4.90. The van der Waals surface area contributed by atoms with Gasteiger partial charge in [0.15, 0.2) is 6.29 Å². The van der Waals surface area contributed by atoms with Crippen LogP contribution in [-0.2, 0) is 0 Å². The third-order valence-electron chi connectivity index (χ3n) is 2.55. The summed E-state index contributed by atoms with van der Waals surface area (Å²) in [7, 11) is 0. The minimum atomic E-state index is -1.27. The van der Waals surface area contributed by atoms with Gasteiger partial charge in [0.2, 0.25) is 0 Å². The van der Waals surface area contributed by atoms with Crippen LogP contribution in [0.5, 0.6) is 0 Å². The van der Waals surface area contributed by atoms with Crippen molar-refractivity contribution >= 4 is 12.0 Å². The van der Waals surface area contributed by atoms with Crippen molar-refractivity contribution in [2.75, 3.05) is 6.54 Å². The molecule has 0 bridgehead atoms. The van der Waals surface area contributed by atoms with Crippen LogP contribution in [0.4, 0.5) is 5.69 Å². The quantitative estimate of drug-likeness (QED) is 0.377. The fraction of sp³-hybridized carbons (Fsp3) is 0.364. The molecule has 0 aliphatic rings. The molecule has 2 atom stereocenters. The number of rotatable bonds is 6. The monoisotopic (exact) mass is 254 g/mol. The van der Waals surface area contributed by atoms with Gasteiger partial charge in [-0.15, -0.1) is 0 Å². The van der Waals surface area contributed by atoms with Crippen LogP contribution >= 0.6 is 0 Å². The zero-order chi connectivity index (χ0) is 13.7. The lowest BCUT2D eigenvalue weighted by atomic mass is 10.00. The molecule has 0 spiro atoms. The zero-order valence-electron chi connectivity index (χ0n) is 9.52. The van der Waals surface area contributed by atoms with Gasteiger partial charge in [-0.05, 0) is 24.6 Å². The highest BCUT2D eigenvalue weighted by Crippen LogP contribution is 2.25. The predicted octanol–water partition coefficient (Wildman–Crippen LogP) is 0.150. The van der Waals surface area contributed by atoms with Crippen LogP contribution in [0.3, 0.4) is 0 Å². The third kappa shape index (κ3) is 3.10. The Bertz CT molecular complexity index is 449. The largest absolute Gasteiger partial charge is 0.390 e. The van der Waals surface area contributed by atoms with E-state index in [-0.39, 0.29) is 24.1 Å². The van der Waals surface area contributed by atoms with E-state index in [0.717, 1.165) is 6.07 Å². The topological polar surface area (TPSA) is 127 Å². The maximum Gasteiger partial charge on any atom is 0.280 e. The van der Waals surface area contributed by atoms with Crippen LogP contribution in [0, 0.1) is 10.1 Å². The van der Waals surface area contributed by atoms with Crippen molar-refractivity contribution in [3.63, 3.8) is 0 Å². The van der Waals surface area contributed by atoms with Gasteiger partial charge in [0.05, 0.1) is 16.6 Å². The first-order chi connectivity index (χ1) is 8.51. The number of carbonyl (C=O) groups is 1. The summed E-state index contributed by atoms with van der Waals surface area (Å²) in [4.78, 5) is 20.6. The number of hydrogen-bond donors (Lipinski definition) is 3. The molecule has 18 heavy (non-hydrogen) atoms. The molecule has 4 N–H and O–H groups in total. The Morgan fingerprint density at radius 3 is 2.61 bits per heavy atom. The molecular formula is C11H14N2O5. The van der Waals surface area contributed by atoms with Gasteiger partial charge in [-0.25, -0.2) is 0 Å². The summed E-state index contributed by atoms with van der Waals surface area (Å²) in [6.07, 6.45) is -1.83. The first kappa shape index (κ1) is 14.2. The molecule has 2 unspecified atom stereocenters. The number of nitrogens with zero attached hydrogens (tertiary/aromatic N) is 1. The maximum absolute atomic E-state index is 10.7. The highest BCUT2D eigenvalue weighted by Gasteiger charge is 2.21. The van der Waals surface area contributed by atoms with Gasteiger partial charge < -0.3 is 15.9 Å². The number of nitrogens with two attached hydrogens (primary N) is 1. The van der Waals surface area contributed by atoms with Crippen LogP contribution in [0.25, 0.3) is 0 Å². The van der Waals surface area contributed by atoms with Crippen LogP contribution in [0.2, 0.25) is 0 Å². The van der Waals surface area contributed by atoms with Crippen molar-refractivity contribution in [3.05, 3.63) is 39.4 Å². The van der Waals surface area contributed by atoms with Gasteiger partial charge in [0.1, 0.15) is 6.10 Å². The van der Waals surface area contributed by atoms with E-state index in [9.17, 15) is 25.1 Å². The average Bonchev–Trinajstić information content (AvgIpc) is 2.37. The molecule has 0 aliphatic carbocycles. The van der Waals surface area contributed by atoms with Crippen LogP contribution in [0.15, 0.2) is 18.2 Å². The molecule has 98 valence electrons. The molecule has 0 saturated carbocycles. The second-order valence-electron chi connectivity index (χ2n) is 3.78. The van der Waals surface area contributed by atoms with E-state index >= 15 is 0 Å². The average molecular weight is 254 g/mol. The molecule has 7 nitrogen and oxygen atoms in total. The Morgan fingerprint density at radius 1 is 1.44 bits per heavy atom. The summed E-state index contributed by atoms with van der Waals surface area (Å²) in [6, 6.07) is 3.67. The molecule has 0 heterocycles. The molecule has 0 radical (unpaired) electrons. The third-order valence-corrected chi connectivity index (χ3v) is 2.55. The molecule has 0 saturated heterocycles. The number of aldehydes is 1. The normalized spacial score (nSPS) is 13.9. The van der Waals surface area contributed by atoms with E-state index in [2.05, 4.69) is 0 Å². The van der Waals surface area contributed by atoms with Crippen LogP contribution < -0.4 is 5.73 Å². The SMILES string of the molecule is NCCC(O)C(O)c1ccc(C=O)c([N+](=O)[O-])c1. The summed E-state index contributed by atoms with van der Waals surface area (Å²) in [5, 5.41) is 30.1. The van der Waals surface area contributed by atoms with Crippen molar-refractivity contribution < 1.29 is 19.9 Å². The lowest BCUT2D eigenvalue weighted by molar-refractivity contribution is -0.385. The molecule has 7 heteroatoms. The second-order valence-corrected chi connectivity index (χ2v) is 3.78. The smallest absolute Gasteiger partial charge is 0.280 e. The van der Waals surface area contributed by atoms with Crippen molar-refractivity contribution in [3.8, 4) is 0 Å². The van der Waals surface area contributed by atoms with Crippen molar-refractivity contribution in [2.24, 2.45) is 5.73 Å². The van der Waals surface area contributed by atoms with Crippen LogP contribution in [-0.4, -0.2) is 34.1 Å². The van der Waals surface area contributed by atoms with Gasteiger partial charge in [0, 0.05) is 6.07 Å². The first-order valence-corrected chi connectivity index (χ1v) is 5.31. The second kappa shape index (κ2) is 6.20. The van der Waals surface area contributed by atoms with Gasteiger partial charge in [0.25, 0.3) is 5.69 Å². The van der Waals surface area contributed by atoms with Gasteiger partial charge in [-0.2, -0.15) is 0 Å². The summed E-state index contributed by atoms with van der Waals surface area (Å²) in [5.74, 6) is 0. The summed E-state index contributed by atoms with van der Waals surface area (Å²) in [5.41, 5.74) is 4.94. The number of aliphatic hydroxyl groups excluding tert-OH is 2. The maximum atomic E-state index is 10.7. The molecule has 0 aromatic heterocycles. The number of hydrogen-bond acceptors (Lipinski definition) is 6. The van der Waals surface area contributed by atoms with Gasteiger partial charge >= 0.3 is 0 Å². The Labute approximate surface area is 103 Å². The Balaban J connectivity index is 3.07. The molecular weight excluding hydrogens is 240 g/mol. The van der Waals surface area contributed by atoms with Gasteiger partial charge in [-0.3, -0.25) is 14.9 Å². The van der Waals surface area contributed by atoms with E-state index in [1.54, 1.807) is 0 Å². The van der Waals surface area contributed by atoms with E-state index < -0.39 is 22.8 Å². The molecule has 0 fully saturated rings. The van der Waals surface area contributed by atoms with E-state index in [1.807, 2.05) is 0 Å². The van der Waals surface area contributed by atoms with Crippen molar-refractivity contribution in [1.82, 2.24) is 0 Å². The van der Waals surface area contributed by atoms with Gasteiger partial charge in [-0.1, -0.05) is 6.07 Å². The summed E-state index contributed by atoms with van der Waals surface area (Å²) in [6.45, 7) is 0.187. The number of nitro groups is 1. The number of aliphatic hydroxyl groups is 2. The molecule has 0 aliphatic heterocycles. The van der Waals surface area contributed by atoms with Crippen molar-refractivity contribution in [2.45, 2.75) is 18.6 Å². The fourth-order valence-corrected chi connectivity index (χ4v) is 1.55. The Hall–Kier alpha value is -1.83. The highest BCUT2D eigenvalue weighted by molar-refractivity contribution is 5.81. The summed E-state index contributed by atoms with van der Waals surface area (Å²) >= 11 is 0. The standard InChI is InChI=1S/C11H14N2O5/c12-4-3-10(15)11(16)7-1-2-8(6-14)9(5-7)13(17)18/h1-2,5-6,10-11,15-16H,3-4,12H2. The minimum absolute atomic E-state index is 0.0794. The number of benzene rings is 1. The summed E-state index contributed by atoms with van der Waals surface area (Å²) < 4.78 is 0. The number of nitro benzene ring substituents is 1. The Morgan fingerprint density at radius 2 is 2.11 bits per heavy atom. The van der Waals surface area contributed by atoms with Crippen molar-refractivity contribution in [1.29, 1.82) is 0 Å². The lowest BCUT2D eigenvalue weighted by Crippen LogP contribution is -2.21. The molecule has 1 rings (SSSR count). The molecule has 1 aromatic carbocycles. The number of carbonyl (C=O) groups excluding carboxylic acids is 1. The fourth-order valence-electron chi connectivity index (χ4n) is 1.55. The van der Waals surface area contributed by atoms with E-state index in [1.165, 1.54) is 12.1 Å².